The zero-order chi connectivity index (χ0) is 33.1. The van der Waals surface area contributed by atoms with Crippen molar-refractivity contribution in [1.29, 1.82) is 0 Å². The Hall–Kier alpha value is -5.73. The number of esters is 3. The van der Waals surface area contributed by atoms with Crippen LogP contribution in [0.15, 0.2) is 97.6 Å². The number of aromatic nitrogens is 4. The lowest BCUT2D eigenvalue weighted by Gasteiger charge is -2.27. The van der Waals surface area contributed by atoms with Gasteiger partial charge in [-0.25, -0.2) is 29.3 Å². The number of hydrogen-bond acceptors (Lipinski definition) is 12. The molecule has 14 nitrogen and oxygen atoms in total. The van der Waals surface area contributed by atoms with Gasteiger partial charge in [0.05, 0.1) is 27.9 Å². The van der Waals surface area contributed by atoms with E-state index in [4.69, 9.17) is 30.5 Å². The van der Waals surface area contributed by atoms with E-state index in [1.165, 1.54) is 48.4 Å². The number of halogens is 1. The van der Waals surface area contributed by atoms with Crippen molar-refractivity contribution in [2.45, 2.75) is 37.6 Å². The molecule has 0 spiro atoms. The average Bonchev–Trinajstić information content (AvgIpc) is 3.67. The average molecular weight is 658 g/mol. The minimum Gasteiger partial charge on any atom is -0.456 e. The summed E-state index contributed by atoms with van der Waals surface area (Å²) in [7, 11) is 0. The van der Waals surface area contributed by atoms with Crippen LogP contribution >= 0.6 is 11.6 Å². The summed E-state index contributed by atoms with van der Waals surface area (Å²) in [6, 6.07) is 21.2. The number of non-ortho nitro benzene ring substituents is 1. The number of imidazole rings is 1. The third kappa shape index (κ3) is 6.50. The molecule has 0 saturated carbocycles. The predicted molar refractivity (Wildman–Crippen MR) is 164 cm³/mol. The first-order chi connectivity index (χ1) is 22.7. The summed E-state index contributed by atoms with van der Waals surface area (Å²) in [5.41, 5.74) is 0.745. The zero-order valence-electron chi connectivity index (χ0n) is 24.4. The normalized spacial score (nSPS) is 19.5. The van der Waals surface area contributed by atoms with Crippen molar-refractivity contribution in [2.75, 3.05) is 0 Å². The van der Waals surface area contributed by atoms with Crippen LogP contribution in [0.1, 0.15) is 44.2 Å². The SMILES string of the molecule is C[C@H](OC(=O)c1ccc([N+](=O)[O-])cc1)[C@H]1O[C@@H](n2cnc3c(Cl)ncnc32)[C@H](OC(=O)c2ccccc2)[C@@H]1OC(=O)c1ccccc1. The third-order valence-corrected chi connectivity index (χ3v) is 7.66. The Labute approximate surface area is 271 Å². The molecular formula is C32H24ClN5O9. The minimum absolute atomic E-state index is 0.0360. The van der Waals surface area contributed by atoms with E-state index in [0.717, 1.165) is 0 Å². The molecule has 3 heterocycles. The molecule has 238 valence electrons. The number of carbonyl (C=O) groups excluding carboxylic acids is 3. The Morgan fingerprint density at radius 3 is 2.00 bits per heavy atom. The van der Waals surface area contributed by atoms with Crippen molar-refractivity contribution in [3.8, 4) is 0 Å². The number of rotatable bonds is 9. The third-order valence-electron chi connectivity index (χ3n) is 7.39. The van der Waals surface area contributed by atoms with Crippen LogP contribution in [0.3, 0.4) is 0 Å². The van der Waals surface area contributed by atoms with E-state index in [-0.39, 0.29) is 38.7 Å². The van der Waals surface area contributed by atoms with E-state index in [0.29, 0.717) is 0 Å². The van der Waals surface area contributed by atoms with Crippen molar-refractivity contribution < 1.29 is 38.3 Å². The first kappa shape index (κ1) is 31.3. The molecule has 6 rings (SSSR count). The Morgan fingerprint density at radius 1 is 0.830 bits per heavy atom. The molecule has 3 aromatic carbocycles. The monoisotopic (exact) mass is 657 g/mol. The Balaban J connectivity index is 1.38. The lowest BCUT2D eigenvalue weighted by atomic mass is 10.0. The number of nitrogens with zero attached hydrogens (tertiary/aromatic N) is 5. The van der Waals surface area contributed by atoms with Crippen LogP contribution in [-0.4, -0.2) is 66.8 Å². The van der Waals surface area contributed by atoms with Crippen LogP contribution in [0.25, 0.3) is 11.2 Å². The molecule has 15 heteroatoms. The molecule has 0 N–H and O–H groups in total. The number of ether oxygens (including phenoxy) is 4. The lowest BCUT2D eigenvalue weighted by molar-refractivity contribution is -0.384. The second-order valence-electron chi connectivity index (χ2n) is 10.4. The van der Waals surface area contributed by atoms with Gasteiger partial charge in [-0.1, -0.05) is 48.0 Å². The first-order valence-corrected chi connectivity index (χ1v) is 14.5. The zero-order valence-corrected chi connectivity index (χ0v) is 25.2. The molecule has 1 aliphatic rings. The summed E-state index contributed by atoms with van der Waals surface area (Å²) < 4.78 is 25.5. The lowest BCUT2D eigenvalue weighted by Crippen LogP contribution is -2.44. The van der Waals surface area contributed by atoms with Crippen LogP contribution < -0.4 is 0 Å². The molecule has 0 unspecified atom stereocenters. The summed E-state index contributed by atoms with van der Waals surface area (Å²) in [5, 5.41) is 11.1. The van der Waals surface area contributed by atoms with E-state index in [9.17, 15) is 24.5 Å². The molecule has 0 aliphatic carbocycles. The van der Waals surface area contributed by atoms with Gasteiger partial charge in [0, 0.05) is 12.1 Å². The first-order valence-electron chi connectivity index (χ1n) is 14.2. The highest BCUT2D eigenvalue weighted by atomic mass is 35.5. The molecule has 1 aliphatic heterocycles. The molecule has 2 aromatic heterocycles. The van der Waals surface area contributed by atoms with E-state index >= 15 is 0 Å². The summed E-state index contributed by atoms with van der Waals surface area (Å²) in [4.78, 5) is 62.9. The smallest absolute Gasteiger partial charge is 0.338 e. The number of hydrogen-bond donors (Lipinski definition) is 0. The molecule has 1 saturated heterocycles. The molecule has 5 aromatic rings. The molecular weight excluding hydrogens is 634 g/mol. The molecule has 0 bridgehead atoms. The van der Waals surface area contributed by atoms with Crippen LogP contribution in [-0.2, 0) is 18.9 Å². The van der Waals surface area contributed by atoms with Gasteiger partial charge in [-0.05, 0) is 43.3 Å². The summed E-state index contributed by atoms with van der Waals surface area (Å²) in [6.45, 7) is 1.51. The summed E-state index contributed by atoms with van der Waals surface area (Å²) >= 11 is 6.25. The van der Waals surface area contributed by atoms with Crippen molar-refractivity contribution in [3.05, 3.63) is 130 Å². The standard InChI is InChI=1S/C32H24ClN5O9/c1-18(44-30(39)21-12-14-22(15-13-21)38(42)43)24-25(46-31(40)19-8-4-2-5-9-19)26(47-32(41)20-10-6-3-7-11-20)29(45-24)37-17-36-23-27(33)34-16-35-28(23)37/h2-18,24-26,29H,1H3/t18-,24+,25+,26+,29+/m0/s1. The second kappa shape index (κ2) is 13.3. The van der Waals surface area contributed by atoms with E-state index in [2.05, 4.69) is 15.0 Å². The van der Waals surface area contributed by atoms with Crippen LogP contribution in [0.5, 0.6) is 0 Å². The Kier molecular flexibility index (Phi) is 8.86. The number of nitro groups is 1. The van der Waals surface area contributed by atoms with Crippen LogP contribution in [0.2, 0.25) is 5.15 Å². The maximum atomic E-state index is 13.4. The van der Waals surface area contributed by atoms with Gasteiger partial charge in [-0.15, -0.1) is 0 Å². The quantitative estimate of drug-likeness (QED) is 0.0684. The molecule has 47 heavy (non-hydrogen) atoms. The molecule has 0 radical (unpaired) electrons. The maximum Gasteiger partial charge on any atom is 0.338 e. The van der Waals surface area contributed by atoms with Gasteiger partial charge in [-0.3, -0.25) is 14.7 Å². The second-order valence-corrected chi connectivity index (χ2v) is 10.7. The summed E-state index contributed by atoms with van der Waals surface area (Å²) in [5.74, 6) is -2.31. The van der Waals surface area contributed by atoms with Crippen molar-refractivity contribution in [2.24, 2.45) is 0 Å². The Bertz CT molecular complexity index is 1940. The van der Waals surface area contributed by atoms with Crippen LogP contribution in [0.4, 0.5) is 5.69 Å². The van der Waals surface area contributed by atoms with E-state index in [1.54, 1.807) is 60.7 Å². The number of fused-ring (bicyclic) bond motifs is 1. The highest BCUT2D eigenvalue weighted by Crippen LogP contribution is 2.39. The number of nitro benzene ring substituents is 1. The van der Waals surface area contributed by atoms with Gasteiger partial charge < -0.3 is 18.9 Å². The fourth-order valence-electron chi connectivity index (χ4n) is 5.09. The van der Waals surface area contributed by atoms with Crippen molar-refractivity contribution in [1.82, 2.24) is 19.5 Å². The van der Waals surface area contributed by atoms with Gasteiger partial charge in [0.25, 0.3) is 5.69 Å². The molecule has 0 amide bonds. The van der Waals surface area contributed by atoms with Crippen molar-refractivity contribution >= 4 is 46.4 Å². The highest BCUT2D eigenvalue weighted by Gasteiger charge is 2.54. The Morgan fingerprint density at radius 2 is 1.40 bits per heavy atom. The van der Waals surface area contributed by atoms with Gasteiger partial charge in [0.2, 0.25) is 0 Å². The summed E-state index contributed by atoms with van der Waals surface area (Å²) in [6.07, 6.45) is -3.55. The fourth-order valence-corrected chi connectivity index (χ4v) is 5.27. The minimum atomic E-state index is -1.32. The van der Waals surface area contributed by atoms with Gasteiger partial charge in [-0.2, -0.15) is 0 Å². The van der Waals surface area contributed by atoms with Gasteiger partial charge in [0.1, 0.15) is 24.1 Å². The van der Waals surface area contributed by atoms with E-state index < -0.39 is 53.5 Å². The van der Waals surface area contributed by atoms with Crippen LogP contribution in [0, 0.1) is 10.1 Å². The number of carbonyl (C=O) groups is 3. The number of benzene rings is 3. The largest absolute Gasteiger partial charge is 0.456 e. The molecule has 5 atom stereocenters. The predicted octanol–water partition coefficient (Wildman–Crippen LogP) is 4.98. The van der Waals surface area contributed by atoms with Crippen molar-refractivity contribution in [3.63, 3.8) is 0 Å². The fraction of sp³-hybridized carbons (Fsp3) is 0.188. The van der Waals surface area contributed by atoms with Gasteiger partial charge in [0.15, 0.2) is 29.2 Å². The topological polar surface area (TPSA) is 175 Å². The van der Waals surface area contributed by atoms with E-state index in [1.807, 2.05) is 0 Å². The molecule has 1 fully saturated rings. The maximum absolute atomic E-state index is 13.4. The highest BCUT2D eigenvalue weighted by molar-refractivity contribution is 6.33. The van der Waals surface area contributed by atoms with Gasteiger partial charge >= 0.3 is 17.9 Å².